The van der Waals surface area contributed by atoms with Gasteiger partial charge >= 0.3 is 0 Å². The normalized spacial score (nSPS) is 23.3. The van der Waals surface area contributed by atoms with Crippen molar-refractivity contribution in [1.82, 2.24) is 14.9 Å². The number of likely N-dealkylation sites (tertiary alicyclic amines) is 1. The van der Waals surface area contributed by atoms with Crippen LogP contribution >= 0.6 is 0 Å². The minimum Gasteiger partial charge on any atom is -0.391 e. The molecule has 3 aromatic rings. The predicted molar refractivity (Wildman–Crippen MR) is 145 cm³/mol. The van der Waals surface area contributed by atoms with Crippen molar-refractivity contribution >= 4 is 11.4 Å². The lowest BCUT2D eigenvalue weighted by Crippen LogP contribution is -2.55. The zero-order valence-electron chi connectivity index (χ0n) is 22.2. The lowest BCUT2D eigenvalue weighted by molar-refractivity contribution is 0.0785. The van der Waals surface area contributed by atoms with Gasteiger partial charge in [-0.2, -0.15) is 5.26 Å². The minimum absolute atomic E-state index is 0.0212. The third-order valence-electron chi connectivity index (χ3n) is 7.66. The summed E-state index contributed by atoms with van der Waals surface area (Å²) in [6.07, 6.45) is 3.46. The number of piperidine rings is 1. The van der Waals surface area contributed by atoms with Gasteiger partial charge in [0.25, 0.3) is 0 Å². The summed E-state index contributed by atoms with van der Waals surface area (Å²) in [6, 6.07) is 8.68. The van der Waals surface area contributed by atoms with Crippen molar-refractivity contribution in [2.75, 3.05) is 36.4 Å². The number of aliphatic hydroxyl groups excluding tert-OH is 1. The van der Waals surface area contributed by atoms with Crippen molar-refractivity contribution in [3.05, 3.63) is 71.4 Å². The molecule has 0 amide bonds. The Bertz CT molecular complexity index is 1380. The van der Waals surface area contributed by atoms with Gasteiger partial charge in [0.1, 0.15) is 23.1 Å². The number of nitrogens with zero attached hydrogens (tertiary/aromatic N) is 5. The van der Waals surface area contributed by atoms with Crippen LogP contribution in [0.15, 0.2) is 42.7 Å². The Morgan fingerprint density at radius 1 is 1.12 bits per heavy atom. The highest BCUT2D eigenvalue weighted by Crippen LogP contribution is 2.31. The summed E-state index contributed by atoms with van der Waals surface area (Å²) in [4.78, 5) is 12.5. The monoisotopic (exact) mass is 551 g/mol. The molecule has 0 saturated carbocycles. The fourth-order valence-corrected chi connectivity index (χ4v) is 5.54. The molecule has 0 bridgehead atoms. The van der Waals surface area contributed by atoms with E-state index in [1.165, 1.54) is 18.2 Å². The van der Waals surface area contributed by atoms with E-state index < -0.39 is 40.9 Å². The molecule has 5 rings (SSSR count). The average molecular weight is 552 g/mol. The molecule has 0 aliphatic carbocycles. The van der Waals surface area contributed by atoms with Gasteiger partial charge in [-0.15, -0.1) is 0 Å². The number of aromatic nitrogens is 2. The van der Waals surface area contributed by atoms with Gasteiger partial charge < -0.3 is 21.1 Å². The number of nitrogens with two attached hydrogens (primary N) is 1. The fraction of sp³-hybridized carbons (Fsp3) is 0.414. The second kappa shape index (κ2) is 11.8. The van der Waals surface area contributed by atoms with Crippen LogP contribution in [0.25, 0.3) is 11.3 Å². The molecule has 2 aromatic heterocycles. The van der Waals surface area contributed by atoms with Crippen molar-refractivity contribution in [3.8, 4) is 17.3 Å². The van der Waals surface area contributed by atoms with Crippen LogP contribution in [0.4, 0.5) is 24.5 Å². The number of aliphatic hydroxyl groups is 1. The molecule has 0 radical (unpaired) electrons. The molecule has 2 aliphatic heterocycles. The minimum atomic E-state index is -0.894. The molecule has 2 saturated heterocycles. The second-order valence-electron chi connectivity index (χ2n) is 10.7. The summed E-state index contributed by atoms with van der Waals surface area (Å²) >= 11 is 0. The number of hydrogen-bond acceptors (Lipinski definition) is 8. The SMILES string of the molecule is CC1CN(c2ccncc2NCc2ccc(F)c(-c3c(F)cc(CN4CCC(C#N)C4)cc3F)n2)CC(N)C1O. The van der Waals surface area contributed by atoms with E-state index in [2.05, 4.69) is 26.3 Å². The zero-order chi connectivity index (χ0) is 28.4. The average Bonchev–Trinajstić information content (AvgIpc) is 3.39. The lowest BCUT2D eigenvalue weighted by atomic mass is 9.92. The number of benzene rings is 1. The van der Waals surface area contributed by atoms with E-state index >= 15 is 8.78 Å². The third-order valence-corrected chi connectivity index (χ3v) is 7.66. The van der Waals surface area contributed by atoms with Crippen molar-refractivity contribution in [2.24, 2.45) is 17.6 Å². The first-order chi connectivity index (χ1) is 19.2. The molecule has 4 unspecified atom stereocenters. The zero-order valence-corrected chi connectivity index (χ0v) is 22.2. The van der Waals surface area contributed by atoms with Crippen molar-refractivity contribution < 1.29 is 18.3 Å². The van der Waals surface area contributed by atoms with Crippen molar-refractivity contribution in [2.45, 2.75) is 38.6 Å². The van der Waals surface area contributed by atoms with Crippen LogP contribution < -0.4 is 16.0 Å². The summed E-state index contributed by atoms with van der Waals surface area (Å²) in [7, 11) is 0. The maximum atomic E-state index is 15.2. The molecule has 4 heterocycles. The van der Waals surface area contributed by atoms with E-state index in [0.29, 0.717) is 49.7 Å². The van der Waals surface area contributed by atoms with Crippen molar-refractivity contribution in [1.29, 1.82) is 5.26 Å². The molecule has 0 spiro atoms. The van der Waals surface area contributed by atoms with Crippen LogP contribution in [0.3, 0.4) is 0 Å². The number of halogens is 3. The smallest absolute Gasteiger partial charge is 0.149 e. The molecule has 2 fully saturated rings. The predicted octanol–water partition coefficient (Wildman–Crippen LogP) is 3.66. The number of nitrogens with one attached hydrogen (secondary N) is 1. The van der Waals surface area contributed by atoms with E-state index in [4.69, 9.17) is 11.0 Å². The third kappa shape index (κ3) is 5.89. The number of nitriles is 1. The van der Waals surface area contributed by atoms with Crippen LogP contribution in [-0.4, -0.2) is 58.3 Å². The van der Waals surface area contributed by atoms with Crippen LogP contribution in [-0.2, 0) is 13.1 Å². The summed E-state index contributed by atoms with van der Waals surface area (Å²) in [5.41, 5.74) is 7.55. The molecular formula is C29H32F3N7O. The molecule has 2 aliphatic rings. The highest BCUT2D eigenvalue weighted by molar-refractivity contribution is 5.69. The van der Waals surface area contributed by atoms with Gasteiger partial charge in [0.2, 0.25) is 0 Å². The standard InChI is InChI=1S/C29H32F3N7O/c1-17-13-39(16-24(34)29(17)40)26-4-6-35-12-25(26)36-11-20-2-3-21(30)28(37-20)27-22(31)8-19(9-23(27)32)15-38-7-5-18(10-33)14-38/h2-4,6,8-9,12,17-18,24,29,36,40H,5,7,11,13-16,34H2,1H3. The molecular weight excluding hydrogens is 519 g/mol. The summed E-state index contributed by atoms with van der Waals surface area (Å²) in [5, 5.41) is 22.6. The number of rotatable bonds is 7. The van der Waals surface area contributed by atoms with Gasteiger partial charge in [-0.1, -0.05) is 6.92 Å². The van der Waals surface area contributed by atoms with Gasteiger partial charge in [0, 0.05) is 44.3 Å². The Kier molecular flexibility index (Phi) is 8.21. The highest BCUT2D eigenvalue weighted by atomic mass is 19.1. The van der Waals surface area contributed by atoms with Crippen LogP contribution in [0, 0.1) is 40.6 Å². The first-order valence-corrected chi connectivity index (χ1v) is 13.4. The van der Waals surface area contributed by atoms with E-state index in [0.717, 1.165) is 18.2 Å². The Morgan fingerprint density at radius 2 is 1.90 bits per heavy atom. The van der Waals surface area contributed by atoms with Gasteiger partial charge in [-0.3, -0.25) is 9.88 Å². The van der Waals surface area contributed by atoms with E-state index in [9.17, 15) is 9.50 Å². The first kappa shape index (κ1) is 27.8. The fourth-order valence-electron chi connectivity index (χ4n) is 5.54. The van der Waals surface area contributed by atoms with E-state index in [1.807, 2.05) is 17.9 Å². The number of pyridine rings is 2. The molecule has 210 valence electrons. The molecule has 11 heteroatoms. The summed E-state index contributed by atoms with van der Waals surface area (Å²) in [5.74, 6) is -2.72. The largest absolute Gasteiger partial charge is 0.391 e. The summed E-state index contributed by atoms with van der Waals surface area (Å²) < 4.78 is 45.1. The first-order valence-electron chi connectivity index (χ1n) is 13.4. The van der Waals surface area contributed by atoms with Gasteiger partial charge in [0.05, 0.1) is 53.5 Å². The Balaban J connectivity index is 1.33. The maximum absolute atomic E-state index is 15.2. The van der Waals surface area contributed by atoms with E-state index in [1.54, 1.807) is 12.4 Å². The molecule has 1 aromatic carbocycles. The second-order valence-corrected chi connectivity index (χ2v) is 10.7. The van der Waals surface area contributed by atoms with Gasteiger partial charge in [-0.25, -0.2) is 18.2 Å². The molecule has 4 N–H and O–H groups in total. The van der Waals surface area contributed by atoms with Crippen molar-refractivity contribution in [3.63, 3.8) is 0 Å². The molecule has 40 heavy (non-hydrogen) atoms. The van der Waals surface area contributed by atoms with Gasteiger partial charge in [-0.05, 0) is 48.9 Å². The van der Waals surface area contributed by atoms with Crippen LogP contribution in [0.5, 0.6) is 0 Å². The number of anilines is 2. The van der Waals surface area contributed by atoms with E-state index in [-0.39, 0.29) is 18.4 Å². The highest BCUT2D eigenvalue weighted by Gasteiger charge is 2.32. The molecule has 4 atom stereocenters. The quantitative estimate of drug-likeness (QED) is 0.408. The summed E-state index contributed by atoms with van der Waals surface area (Å²) in [6.45, 7) is 4.71. The Hall–Kier alpha value is -3.72. The topological polar surface area (TPSA) is 114 Å². The number of hydrogen-bond donors (Lipinski definition) is 3. The van der Waals surface area contributed by atoms with Crippen LogP contribution in [0.2, 0.25) is 0 Å². The van der Waals surface area contributed by atoms with Crippen LogP contribution in [0.1, 0.15) is 24.6 Å². The lowest BCUT2D eigenvalue weighted by Gasteiger charge is -2.40. The Morgan fingerprint density at radius 3 is 2.60 bits per heavy atom. The Labute approximate surface area is 231 Å². The molecule has 8 nitrogen and oxygen atoms in total. The van der Waals surface area contributed by atoms with Gasteiger partial charge in [0.15, 0.2) is 0 Å². The maximum Gasteiger partial charge on any atom is 0.149 e.